The van der Waals surface area contributed by atoms with E-state index in [0.29, 0.717) is 6.79 Å². The Morgan fingerprint density at radius 3 is 2.32 bits per heavy atom. The van der Waals surface area contributed by atoms with Crippen molar-refractivity contribution in [3.63, 3.8) is 0 Å². The molecule has 0 rings (SSSR count). The van der Waals surface area contributed by atoms with Gasteiger partial charge >= 0.3 is 18.2 Å². The molecule has 0 heterocycles. The predicted molar refractivity (Wildman–Crippen MR) is 88.0 cm³/mol. The van der Waals surface area contributed by atoms with Crippen LogP contribution in [0.1, 0.15) is 59.8 Å². The van der Waals surface area contributed by atoms with Crippen molar-refractivity contribution < 1.29 is 9.47 Å². The van der Waals surface area contributed by atoms with Crippen molar-refractivity contribution in [2.24, 2.45) is 11.8 Å². The monoisotopic (exact) mass is 346 g/mol. The number of halogens is 1. The van der Waals surface area contributed by atoms with E-state index >= 15 is 0 Å². The Morgan fingerprint density at radius 1 is 1.00 bits per heavy atom. The van der Waals surface area contributed by atoms with Crippen molar-refractivity contribution in [1.29, 1.82) is 0 Å². The van der Waals surface area contributed by atoms with Crippen molar-refractivity contribution in [2.45, 2.75) is 63.8 Å². The van der Waals surface area contributed by atoms with E-state index < -0.39 is 0 Å². The first-order valence-electron chi connectivity index (χ1n) is 7.81. The van der Waals surface area contributed by atoms with E-state index in [9.17, 15) is 0 Å². The van der Waals surface area contributed by atoms with Crippen LogP contribution in [0.2, 0.25) is 4.05 Å². The van der Waals surface area contributed by atoms with Crippen LogP contribution in [0, 0.1) is 11.8 Å². The Bertz CT molecular complexity index is 193. The first kappa shape index (κ1) is 20.2. The van der Waals surface area contributed by atoms with E-state index in [2.05, 4.69) is 40.6 Å². The Labute approximate surface area is 136 Å². The fraction of sp³-hybridized carbons (Fsp3) is 1.00. The zero-order chi connectivity index (χ0) is 14.5. The summed E-state index contributed by atoms with van der Waals surface area (Å²) in [5.41, 5.74) is 0. The van der Waals surface area contributed by atoms with E-state index in [4.69, 9.17) is 9.47 Å². The second kappa shape index (κ2) is 14.1. The highest BCUT2D eigenvalue weighted by atomic mass is 79.9. The molecule has 0 saturated carbocycles. The summed E-state index contributed by atoms with van der Waals surface area (Å²) in [6.45, 7) is 11.4. The molecule has 0 radical (unpaired) electrons. The molecule has 112 valence electrons. The van der Waals surface area contributed by atoms with Gasteiger partial charge in [-0.15, -0.1) is 4.05 Å². The van der Waals surface area contributed by atoms with Crippen LogP contribution in [-0.2, 0) is 9.47 Å². The summed E-state index contributed by atoms with van der Waals surface area (Å²) in [5.74, 6) is 1.68. The summed E-state index contributed by atoms with van der Waals surface area (Å²) < 4.78 is 11.7. The van der Waals surface area contributed by atoms with E-state index in [-0.39, 0.29) is 18.2 Å². The van der Waals surface area contributed by atoms with Crippen LogP contribution in [0.3, 0.4) is 0 Å². The quantitative estimate of drug-likeness (QED) is 0.264. The minimum atomic E-state index is 0.0101. The van der Waals surface area contributed by atoms with Gasteiger partial charge in [-0.3, -0.25) is 0 Å². The zero-order valence-corrected chi connectivity index (χ0v) is 16.3. The highest BCUT2D eigenvalue weighted by Gasteiger charge is 2.13. The van der Waals surface area contributed by atoms with Gasteiger partial charge in [-0.05, 0) is 37.5 Å². The van der Waals surface area contributed by atoms with Crippen LogP contribution in [0.15, 0.2) is 0 Å². The molecule has 0 fully saturated rings. The third kappa shape index (κ3) is 13.9. The normalized spacial score (nSPS) is 15.8. The van der Waals surface area contributed by atoms with Crippen molar-refractivity contribution in [3.05, 3.63) is 0 Å². The second-order valence-electron chi connectivity index (χ2n) is 6.02. The third-order valence-corrected chi connectivity index (χ3v) is 7.55. The fourth-order valence-electron chi connectivity index (χ4n) is 2.51. The molecule has 0 aliphatic heterocycles. The van der Waals surface area contributed by atoms with Crippen LogP contribution in [0.4, 0.5) is 0 Å². The molecule has 4 heteroatoms. The van der Waals surface area contributed by atoms with Gasteiger partial charge < -0.3 is 22.4 Å². The first-order valence-corrected chi connectivity index (χ1v) is 12.5. The highest BCUT2D eigenvalue weighted by molar-refractivity contribution is 9.23. The maximum Gasteiger partial charge on any atom is 0.471 e. The van der Waals surface area contributed by atoms with Crippen LogP contribution >= 0.6 is 12.9 Å². The predicted octanol–water partition coefficient (Wildman–Crippen LogP) is 5.04. The molecule has 19 heavy (non-hydrogen) atoms. The molecule has 3 unspecified atom stereocenters. The van der Waals surface area contributed by atoms with E-state index in [0.717, 1.165) is 41.9 Å². The molecule has 0 aromatic heterocycles. The second-order valence-corrected chi connectivity index (χ2v) is 9.66. The largest absolute Gasteiger partial charge is 0.471 e. The average molecular weight is 348 g/mol. The van der Waals surface area contributed by atoms with Crippen LogP contribution in [0.5, 0.6) is 0 Å². The lowest BCUT2D eigenvalue weighted by Crippen LogP contribution is -2.08. The van der Waals surface area contributed by atoms with Gasteiger partial charge in [0.1, 0.15) is 6.79 Å². The summed E-state index contributed by atoms with van der Waals surface area (Å²) in [6, 6.07) is 0. The number of ether oxygens (including phenoxy) is 2. The fourth-order valence-corrected chi connectivity index (χ4v) is 3.99. The maximum absolute atomic E-state index is 5.45. The molecule has 0 aliphatic carbocycles. The molecule has 0 amide bonds. The molecule has 0 spiro atoms. The molecule has 3 atom stereocenters. The molecular formula is C15H31BrMgO2. The lowest BCUT2D eigenvalue weighted by atomic mass is 9.91. The molecular weight excluding hydrogens is 316 g/mol. The maximum atomic E-state index is 5.45. The Balaban J connectivity index is 3.40. The SMILES string of the molecule is CCCOCOCCCC(C)CC(C)C[CH](C)[Mg][Br]. The lowest BCUT2D eigenvalue weighted by molar-refractivity contribution is -0.0549. The molecule has 0 bridgehead atoms. The topological polar surface area (TPSA) is 18.5 Å². The van der Waals surface area contributed by atoms with E-state index in [1.165, 1.54) is 19.3 Å². The van der Waals surface area contributed by atoms with Crippen LogP contribution < -0.4 is 0 Å². The number of hydrogen-bond acceptors (Lipinski definition) is 2. The lowest BCUT2D eigenvalue weighted by Gasteiger charge is -2.19. The molecule has 0 aliphatic rings. The van der Waals surface area contributed by atoms with E-state index in [1.807, 2.05) is 0 Å². The van der Waals surface area contributed by atoms with Gasteiger partial charge in [0.05, 0.1) is 0 Å². The number of rotatable bonds is 13. The highest BCUT2D eigenvalue weighted by Crippen LogP contribution is 2.25. The molecule has 0 N–H and O–H groups in total. The average Bonchev–Trinajstić information content (AvgIpc) is 2.37. The van der Waals surface area contributed by atoms with Gasteiger partial charge in [0, 0.05) is 13.2 Å². The van der Waals surface area contributed by atoms with E-state index in [1.54, 1.807) is 0 Å². The summed E-state index contributed by atoms with van der Waals surface area (Å²) in [7, 11) is 0. The smallest absolute Gasteiger partial charge is 0.355 e. The minimum Gasteiger partial charge on any atom is -0.355 e. The molecule has 0 aromatic carbocycles. The standard InChI is InChI=1S/C15H31O2.BrH.Mg/c1-5-8-14(3)12-15(4)9-7-11-17-13-16-10-6-2;;/h5,14-15H,6-13H2,1-4H3;1H;/q;;+1/p-1. The van der Waals surface area contributed by atoms with Gasteiger partial charge in [-0.25, -0.2) is 0 Å². The third-order valence-electron chi connectivity index (χ3n) is 3.37. The van der Waals surface area contributed by atoms with Crippen molar-refractivity contribution >= 4 is 31.1 Å². The summed E-state index contributed by atoms with van der Waals surface area (Å²) in [6.07, 6.45) is 6.25. The Hall–Kier alpha value is 1.17. The van der Waals surface area contributed by atoms with Gasteiger partial charge in [-0.2, -0.15) is 0 Å². The first-order chi connectivity index (χ1) is 9.10. The van der Waals surface area contributed by atoms with Crippen LogP contribution in [0.25, 0.3) is 0 Å². The molecule has 0 aromatic rings. The van der Waals surface area contributed by atoms with Crippen LogP contribution in [-0.4, -0.2) is 38.2 Å². The van der Waals surface area contributed by atoms with Gasteiger partial charge in [-0.1, -0.05) is 34.1 Å². The Morgan fingerprint density at radius 2 is 1.68 bits per heavy atom. The minimum absolute atomic E-state index is 0.0101. The summed E-state index contributed by atoms with van der Waals surface area (Å²) in [4.78, 5) is 0. The van der Waals surface area contributed by atoms with Crippen molar-refractivity contribution in [1.82, 2.24) is 0 Å². The summed E-state index contributed by atoms with van der Waals surface area (Å²) >= 11 is 3.71. The number of hydrogen-bond donors (Lipinski definition) is 0. The molecule has 2 nitrogen and oxygen atoms in total. The van der Waals surface area contributed by atoms with Gasteiger partial charge in [0.15, 0.2) is 0 Å². The van der Waals surface area contributed by atoms with Gasteiger partial charge in [0.25, 0.3) is 0 Å². The molecule has 0 saturated heterocycles. The zero-order valence-electron chi connectivity index (χ0n) is 13.3. The van der Waals surface area contributed by atoms with Crippen molar-refractivity contribution in [2.75, 3.05) is 20.0 Å². The summed E-state index contributed by atoms with van der Waals surface area (Å²) in [5, 5.41) is 0. The van der Waals surface area contributed by atoms with Gasteiger partial charge in [0.2, 0.25) is 0 Å². The Kier molecular flexibility index (Phi) is 15.0. The van der Waals surface area contributed by atoms with Crippen molar-refractivity contribution in [3.8, 4) is 0 Å².